The smallest absolute Gasteiger partial charge is 0.317 e. The number of nitrogens with zero attached hydrogens (tertiary/aromatic N) is 1. The van der Waals surface area contributed by atoms with Gasteiger partial charge < -0.3 is 15.3 Å². The molecule has 0 fully saturated rings. The molecule has 0 radical (unpaired) electrons. The molecular formula is C11H24N2O2S. The van der Waals surface area contributed by atoms with Gasteiger partial charge in [0.05, 0.1) is 6.10 Å². The summed E-state index contributed by atoms with van der Waals surface area (Å²) < 4.78 is 0. The monoisotopic (exact) mass is 248 g/mol. The third-order valence-corrected chi connectivity index (χ3v) is 2.97. The lowest BCUT2D eigenvalue weighted by molar-refractivity contribution is 0.118. The minimum absolute atomic E-state index is 0.0936. The Hall–Kier alpha value is -0.420. The average Bonchev–Trinajstić information content (AvgIpc) is 2.13. The Morgan fingerprint density at radius 3 is 2.31 bits per heavy atom. The standard InChI is InChI=1S/C11H24N2O2S/c1-8(2)13(6-10(4)14)11(15)12-9(3)7-16-5/h8-10,14H,6-7H2,1-5H3,(H,12,15). The number of urea groups is 1. The van der Waals surface area contributed by atoms with Gasteiger partial charge in [0.15, 0.2) is 0 Å². The number of hydrogen-bond donors (Lipinski definition) is 2. The van der Waals surface area contributed by atoms with E-state index in [2.05, 4.69) is 5.32 Å². The number of aliphatic hydroxyl groups is 1. The van der Waals surface area contributed by atoms with E-state index in [1.165, 1.54) is 0 Å². The molecule has 2 N–H and O–H groups in total. The molecular weight excluding hydrogens is 224 g/mol. The molecule has 0 aliphatic carbocycles. The van der Waals surface area contributed by atoms with Crippen molar-refractivity contribution in [2.24, 2.45) is 0 Å². The number of carbonyl (C=O) groups excluding carboxylic acids is 1. The molecule has 0 heterocycles. The van der Waals surface area contributed by atoms with Crippen LogP contribution >= 0.6 is 11.8 Å². The maximum absolute atomic E-state index is 11.9. The molecule has 0 bridgehead atoms. The minimum Gasteiger partial charge on any atom is -0.392 e. The fourth-order valence-electron chi connectivity index (χ4n) is 1.40. The number of hydrogen-bond acceptors (Lipinski definition) is 3. The fourth-order valence-corrected chi connectivity index (χ4v) is 1.98. The van der Waals surface area contributed by atoms with Crippen molar-refractivity contribution in [3.8, 4) is 0 Å². The normalized spacial score (nSPS) is 14.7. The van der Waals surface area contributed by atoms with Crippen molar-refractivity contribution in [1.29, 1.82) is 0 Å². The average molecular weight is 248 g/mol. The van der Waals surface area contributed by atoms with Gasteiger partial charge in [0.25, 0.3) is 0 Å². The third kappa shape index (κ3) is 6.23. The Morgan fingerprint density at radius 2 is 1.94 bits per heavy atom. The highest BCUT2D eigenvalue weighted by Crippen LogP contribution is 2.03. The van der Waals surface area contributed by atoms with Gasteiger partial charge in [-0.1, -0.05) is 0 Å². The quantitative estimate of drug-likeness (QED) is 0.749. The molecule has 16 heavy (non-hydrogen) atoms. The second kappa shape index (κ2) is 7.79. The number of aliphatic hydroxyl groups excluding tert-OH is 1. The second-order valence-corrected chi connectivity index (χ2v) is 5.31. The first-order valence-corrected chi connectivity index (χ1v) is 7.02. The van der Waals surface area contributed by atoms with Crippen molar-refractivity contribution >= 4 is 17.8 Å². The van der Waals surface area contributed by atoms with E-state index in [0.717, 1.165) is 5.75 Å². The van der Waals surface area contributed by atoms with Crippen LogP contribution in [-0.4, -0.2) is 52.8 Å². The molecule has 0 aliphatic heterocycles. The molecule has 0 aliphatic rings. The highest BCUT2D eigenvalue weighted by atomic mass is 32.2. The van der Waals surface area contributed by atoms with Crippen molar-refractivity contribution in [2.45, 2.75) is 45.9 Å². The van der Waals surface area contributed by atoms with E-state index in [1.807, 2.05) is 27.0 Å². The van der Waals surface area contributed by atoms with Gasteiger partial charge in [0.1, 0.15) is 0 Å². The first kappa shape index (κ1) is 15.6. The molecule has 0 aromatic carbocycles. The van der Waals surface area contributed by atoms with Gasteiger partial charge in [-0.25, -0.2) is 4.79 Å². The first-order valence-electron chi connectivity index (χ1n) is 5.62. The molecule has 4 nitrogen and oxygen atoms in total. The Bertz CT molecular complexity index is 210. The number of carbonyl (C=O) groups is 1. The molecule has 0 saturated heterocycles. The zero-order valence-electron chi connectivity index (χ0n) is 10.9. The van der Waals surface area contributed by atoms with E-state index in [0.29, 0.717) is 6.54 Å². The maximum Gasteiger partial charge on any atom is 0.317 e. The number of rotatable bonds is 6. The van der Waals surface area contributed by atoms with E-state index in [1.54, 1.807) is 23.6 Å². The molecule has 2 unspecified atom stereocenters. The Morgan fingerprint density at radius 1 is 1.38 bits per heavy atom. The zero-order chi connectivity index (χ0) is 12.7. The predicted molar refractivity (Wildman–Crippen MR) is 69.9 cm³/mol. The summed E-state index contributed by atoms with van der Waals surface area (Å²) in [6.45, 7) is 7.93. The summed E-state index contributed by atoms with van der Waals surface area (Å²) in [6.07, 6.45) is 1.52. The lowest BCUT2D eigenvalue weighted by atomic mass is 10.3. The Kier molecular flexibility index (Phi) is 7.58. The van der Waals surface area contributed by atoms with E-state index in [-0.39, 0.29) is 18.1 Å². The lowest BCUT2D eigenvalue weighted by Crippen LogP contribution is -2.49. The van der Waals surface area contributed by atoms with Crippen molar-refractivity contribution < 1.29 is 9.90 Å². The fraction of sp³-hybridized carbons (Fsp3) is 0.909. The van der Waals surface area contributed by atoms with Crippen molar-refractivity contribution in [1.82, 2.24) is 10.2 Å². The van der Waals surface area contributed by atoms with Gasteiger partial charge in [0.2, 0.25) is 0 Å². The van der Waals surface area contributed by atoms with Crippen LogP contribution in [0.2, 0.25) is 0 Å². The predicted octanol–water partition coefficient (Wildman–Crippen LogP) is 1.54. The number of nitrogens with one attached hydrogen (secondary N) is 1. The minimum atomic E-state index is -0.496. The highest BCUT2D eigenvalue weighted by Gasteiger charge is 2.19. The molecule has 96 valence electrons. The largest absolute Gasteiger partial charge is 0.392 e. The topological polar surface area (TPSA) is 52.6 Å². The van der Waals surface area contributed by atoms with Crippen LogP contribution in [0, 0.1) is 0 Å². The van der Waals surface area contributed by atoms with E-state index < -0.39 is 6.10 Å². The van der Waals surface area contributed by atoms with Crippen LogP contribution < -0.4 is 5.32 Å². The second-order valence-electron chi connectivity index (χ2n) is 4.40. The lowest BCUT2D eigenvalue weighted by Gasteiger charge is -2.29. The summed E-state index contributed by atoms with van der Waals surface area (Å²) >= 11 is 1.70. The van der Waals surface area contributed by atoms with Gasteiger partial charge in [-0.3, -0.25) is 0 Å². The molecule has 0 spiro atoms. The molecule has 5 heteroatoms. The third-order valence-electron chi connectivity index (χ3n) is 2.13. The maximum atomic E-state index is 11.9. The summed E-state index contributed by atoms with van der Waals surface area (Å²) in [5.74, 6) is 0.895. The van der Waals surface area contributed by atoms with E-state index >= 15 is 0 Å². The SMILES string of the molecule is CSCC(C)NC(=O)N(CC(C)O)C(C)C. The zero-order valence-corrected chi connectivity index (χ0v) is 11.7. The van der Waals surface area contributed by atoms with Crippen molar-refractivity contribution in [3.05, 3.63) is 0 Å². The molecule has 0 aromatic heterocycles. The molecule has 0 saturated carbocycles. The van der Waals surface area contributed by atoms with Gasteiger partial charge in [-0.15, -0.1) is 0 Å². The Labute approximate surface area is 103 Å². The van der Waals surface area contributed by atoms with Crippen LogP contribution in [-0.2, 0) is 0 Å². The summed E-state index contributed by atoms with van der Waals surface area (Å²) in [7, 11) is 0. The van der Waals surface area contributed by atoms with Crippen molar-refractivity contribution in [2.75, 3.05) is 18.6 Å². The highest BCUT2D eigenvalue weighted by molar-refractivity contribution is 7.98. The number of thioether (sulfide) groups is 1. The van der Waals surface area contributed by atoms with Crippen LogP contribution in [0.3, 0.4) is 0 Å². The molecule has 0 aromatic rings. The number of amides is 2. The van der Waals surface area contributed by atoms with E-state index in [9.17, 15) is 9.90 Å². The Balaban J connectivity index is 4.27. The van der Waals surface area contributed by atoms with Gasteiger partial charge in [-0.05, 0) is 34.0 Å². The summed E-state index contributed by atoms with van der Waals surface area (Å²) in [5, 5.41) is 12.3. The molecule has 2 atom stereocenters. The van der Waals surface area contributed by atoms with Crippen LogP contribution in [0.1, 0.15) is 27.7 Å². The summed E-state index contributed by atoms with van der Waals surface area (Å²) in [6, 6.07) is 0.145. The van der Waals surface area contributed by atoms with Gasteiger partial charge in [-0.2, -0.15) is 11.8 Å². The summed E-state index contributed by atoms with van der Waals surface area (Å²) in [4.78, 5) is 13.6. The van der Waals surface area contributed by atoms with E-state index in [4.69, 9.17) is 0 Å². The summed E-state index contributed by atoms with van der Waals surface area (Å²) in [5.41, 5.74) is 0. The van der Waals surface area contributed by atoms with Gasteiger partial charge >= 0.3 is 6.03 Å². The molecule has 2 amide bonds. The molecule has 0 rings (SSSR count). The van der Waals surface area contributed by atoms with Gasteiger partial charge in [0, 0.05) is 24.4 Å². The van der Waals surface area contributed by atoms with Crippen LogP contribution in [0.5, 0.6) is 0 Å². The van der Waals surface area contributed by atoms with Crippen LogP contribution in [0.25, 0.3) is 0 Å². The van der Waals surface area contributed by atoms with Crippen molar-refractivity contribution in [3.63, 3.8) is 0 Å². The van der Waals surface area contributed by atoms with Crippen LogP contribution in [0.4, 0.5) is 4.79 Å². The first-order chi connectivity index (χ1) is 7.38. The van der Waals surface area contributed by atoms with Crippen LogP contribution in [0.15, 0.2) is 0 Å².